The first kappa shape index (κ1) is 10.5. The van der Waals surface area contributed by atoms with Crippen molar-refractivity contribution in [1.82, 2.24) is 0 Å². The van der Waals surface area contributed by atoms with Crippen LogP contribution in [0.25, 0.3) is 0 Å². The predicted octanol–water partition coefficient (Wildman–Crippen LogP) is 0.446. The Bertz CT molecular complexity index is 166. The lowest BCUT2D eigenvalue weighted by Gasteiger charge is -2.14. The molecule has 0 amide bonds. The Morgan fingerprint density at radius 1 is 1.77 bits per heavy atom. The topological polar surface area (TPSA) is 61.5 Å². The maximum absolute atomic E-state index is 11.1. The Balaban J connectivity index is 2.22. The Hall–Kier alpha value is -0.610. The number of hydrogen-bond donors (Lipinski definition) is 1. The highest BCUT2D eigenvalue weighted by molar-refractivity contribution is 5.75. The molecule has 13 heavy (non-hydrogen) atoms. The van der Waals surface area contributed by atoms with Crippen molar-refractivity contribution >= 4 is 5.97 Å². The summed E-state index contributed by atoms with van der Waals surface area (Å²) in [5.74, 6) is -0.321. The molecule has 0 aromatic heterocycles. The molecular weight excluding hydrogens is 170 g/mol. The maximum Gasteiger partial charge on any atom is 0.322 e. The molecule has 1 saturated heterocycles. The lowest BCUT2D eigenvalue weighted by molar-refractivity contribution is -0.145. The molecule has 1 fully saturated rings. The second kappa shape index (κ2) is 5.19. The fourth-order valence-electron chi connectivity index (χ4n) is 1.46. The molecule has 2 N–H and O–H groups in total. The highest BCUT2D eigenvalue weighted by Crippen LogP contribution is 2.16. The number of hydrogen-bond acceptors (Lipinski definition) is 4. The monoisotopic (exact) mass is 187 g/mol. The summed E-state index contributed by atoms with van der Waals surface area (Å²) >= 11 is 0. The molecule has 0 unspecified atom stereocenters. The third-order valence-electron chi connectivity index (χ3n) is 2.13. The minimum absolute atomic E-state index is 0.152. The number of carbonyl (C=O) groups excluding carboxylic acids is 1. The van der Waals surface area contributed by atoms with Crippen LogP contribution in [0.15, 0.2) is 0 Å². The van der Waals surface area contributed by atoms with Crippen molar-refractivity contribution in [1.29, 1.82) is 0 Å². The Labute approximate surface area is 78.4 Å². The summed E-state index contributed by atoms with van der Waals surface area (Å²) in [5, 5.41) is 0. The fraction of sp³-hybridized carbons (Fsp3) is 0.889. The minimum atomic E-state index is -0.525. The molecule has 2 atom stereocenters. The second-order valence-corrected chi connectivity index (χ2v) is 3.23. The molecular formula is C9H17NO3. The van der Waals surface area contributed by atoms with Crippen LogP contribution < -0.4 is 5.73 Å². The van der Waals surface area contributed by atoms with E-state index in [2.05, 4.69) is 0 Å². The summed E-state index contributed by atoms with van der Waals surface area (Å²) in [4.78, 5) is 11.1. The zero-order valence-corrected chi connectivity index (χ0v) is 7.99. The SMILES string of the molecule is CCOC(=O)[C@@H](N)C[C@@H]1CCCO1. The number of esters is 1. The van der Waals surface area contributed by atoms with E-state index in [1.165, 1.54) is 0 Å². The molecule has 4 heteroatoms. The molecule has 0 aromatic rings. The Morgan fingerprint density at radius 3 is 3.08 bits per heavy atom. The summed E-state index contributed by atoms with van der Waals surface area (Å²) in [6.45, 7) is 2.95. The standard InChI is InChI=1S/C9H17NO3/c1-2-12-9(11)8(10)6-7-4-3-5-13-7/h7-8H,2-6,10H2,1H3/t7-,8-/m0/s1. The van der Waals surface area contributed by atoms with E-state index < -0.39 is 6.04 Å². The van der Waals surface area contributed by atoms with E-state index in [0.29, 0.717) is 13.0 Å². The van der Waals surface area contributed by atoms with Crippen molar-refractivity contribution in [3.63, 3.8) is 0 Å². The van der Waals surface area contributed by atoms with Crippen LogP contribution in [0.2, 0.25) is 0 Å². The van der Waals surface area contributed by atoms with Crippen LogP contribution in [0.3, 0.4) is 0 Å². The van der Waals surface area contributed by atoms with Crippen molar-refractivity contribution < 1.29 is 14.3 Å². The smallest absolute Gasteiger partial charge is 0.322 e. The second-order valence-electron chi connectivity index (χ2n) is 3.23. The van der Waals surface area contributed by atoms with Gasteiger partial charge in [-0.25, -0.2) is 0 Å². The third-order valence-corrected chi connectivity index (χ3v) is 2.13. The highest BCUT2D eigenvalue weighted by atomic mass is 16.5. The van der Waals surface area contributed by atoms with Gasteiger partial charge in [0.15, 0.2) is 0 Å². The van der Waals surface area contributed by atoms with Gasteiger partial charge in [-0.2, -0.15) is 0 Å². The van der Waals surface area contributed by atoms with Crippen LogP contribution in [0.4, 0.5) is 0 Å². The van der Waals surface area contributed by atoms with Crippen LogP contribution in [0, 0.1) is 0 Å². The molecule has 4 nitrogen and oxygen atoms in total. The van der Waals surface area contributed by atoms with Crippen molar-refractivity contribution in [2.75, 3.05) is 13.2 Å². The number of nitrogens with two attached hydrogens (primary N) is 1. The van der Waals surface area contributed by atoms with E-state index in [4.69, 9.17) is 15.2 Å². The lowest BCUT2D eigenvalue weighted by Crippen LogP contribution is -2.35. The average molecular weight is 187 g/mol. The number of ether oxygens (including phenoxy) is 2. The fourth-order valence-corrected chi connectivity index (χ4v) is 1.46. The van der Waals surface area contributed by atoms with Crippen LogP contribution >= 0.6 is 0 Å². The van der Waals surface area contributed by atoms with Gasteiger partial charge in [-0.15, -0.1) is 0 Å². The molecule has 1 rings (SSSR count). The molecule has 0 spiro atoms. The van der Waals surface area contributed by atoms with E-state index in [-0.39, 0.29) is 12.1 Å². The van der Waals surface area contributed by atoms with Crippen molar-refractivity contribution in [3.8, 4) is 0 Å². The number of rotatable bonds is 4. The van der Waals surface area contributed by atoms with Gasteiger partial charge in [0.1, 0.15) is 6.04 Å². The van der Waals surface area contributed by atoms with Crippen molar-refractivity contribution in [2.24, 2.45) is 5.73 Å². The summed E-state index contributed by atoms with van der Waals surface area (Å²) in [5.41, 5.74) is 5.63. The van der Waals surface area contributed by atoms with Crippen LogP contribution in [0.5, 0.6) is 0 Å². The summed E-state index contributed by atoms with van der Waals surface area (Å²) in [6, 6.07) is -0.525. The van der Waals surface area contributed by atoms with Crippen LogP contribution in [-0.4, -0.2) is 31.3 Å². The van der Waals surface area contributed by atoms with Gasteiger partial charge in [0.05, 0.1) is 12.7 Å². The molecule has 1 heterocycles. The first-order valence-corrected chi connectivity index (χ1v) is 4.78. The first-order valence-electron chi connectivity index (χ1n) is 4.78. The van der Waals surface area contributed by atoms with Gasteiger partial charge in [-0.1, -0.05) is 0 Å². The van der Waals surface area contributed by atoms with Gasteiger partial charge in [0, 0.05) is 6.61 Å². The molecule has 0 bridgehead atoms. The van der Waals surface area contributed by atoms with Gasteiger partial charge in [-0.05, 0) is 26.2 Å². The number of carbonyl (C=O) groups is 1. The van der Waals surface area contributed by atoms with Crippen molar-refractivity contribution in [2.45, 2.75) is 38.3 Å². The van der Waals surface area contributed by atoms with Gasteiger partial charge >= 0.3 is 5.97 Å². The predicted molar refractivity (Wildman–Crippen MR) is 48.2 cm³/mol. The highest BCUT2D eigenvalue weighted by Gasteiger charge is 2.23. The molecule has 0 aliphatic carbocycles. The van der Waals surface area contributed by atoms with Gasteiger partial charge in [-0.3, -0.25) is 4.79 Å². The quantitative estimate of drug-likeness (QED) is 0.649. The largest absolute Gasteiger partial charge is 0.465 e. The van der Waals surface area contributed by atoms with Crippen LogP contribution in [0.1, 0.15) is 26.2 Å². The molecule has 0 saturated carbocycles. The Kier molecular flexibility index (Phi) is 4.18. The molecule has 1 aliphatic heterocycles. The minimum Gasteiger partial charge on any atom is -0.465 e. The zero-order chi connectivity index (χ0) is 9.68. The average Bonchev–Trinajstić information content (AvgIpc) is 2.57. The summed E-state index contributed by atoms with van der Waals surface area (Å²) in [7, 11) is 0. The maximum atomic E-state index is 11.1. The van der Waals surface area contributed by atoms with E-state index in [0.717, 1.165) is 19.4 Å². The van der Waals surface area contributed by atoms with E-state index >= 15 is 0 Å². The normalized spacial score (nSPS) is 24.3. The lowest BCUT2D eigenvalue weighted by atomic mass is 10.1. The zero-order valence-electron chi connectivity index (χ0n) is 7.99. The molecule has 76 valence electrons. The van der Waals surface area contributed by atoms with Crippen molar-refractivity contribution in [3.05, 3.63) is 0 Å². The van der Waals surface area contributed by atoms with Gasteiger partial charge in [0.2, 0.25) is 0 Å². The third kappa shape index (κ3) is 3.32. The van der Waals surface area contributed by atoms with Gasteiger partial charge in [0.25, 0.3) is 0 Å². The molecule has 0 radical (unpaired) electrons. The molecule has 1 aliphatic rings. The van der Waals surface area contributed by atoms with Gasteiger partial charge < -0.3 is 15.2 Å². The van der Waals surface area contributed by atoms with E-state index in [1.54, 1.807) is 6.92 Å². The molecule has 0 aromatic carbocycles. The summed E-state index contributed by atoms with van der Waals surface area (Å²) in [6.07, 6.45) is 2.81. The van der Waals surface area contributed by atoms with Crippen LogP contribution in [-0.2, 0) is 14.3 Å². The first-order chi connectivity index (χ1) is 6.24. The van der Waals surface area contributed by atoms with E-state index in [1.807, 2.05) is 0 Å². The van der Waals surface area contributed by atoms with E-state index in [9.17, 15) is 4.79 Å². The summed E-state index contributed by atoms with van der Waals surface area (Å²) < 4.78 is 10.2. The Morgan fingerprint density at radius 2 is 2.54 bits per heavy atom.